The Hall–Kier alpha value is 0.110. The molecule has 0 aromatic heterocycles. The first-order valence-corrected chi connectivity index (χ1v) is 6.80. The first-order chi connectivity index (χ1) is 4.30. The average molecular weight is 252 g/mol. The Kier molecular flexibility index (Phi) is 2.66. The Bertz CT molecular complexity index is 210. The molecule has 3 heteroatoms. The zero-order valence-electron chi connectivity index (χ0n) is 4.65. The van der Waals surface area contributed by atoms with Gasteiger partial charge >= 0.3 is 67.4 Å². The van der Waals surface area contributed by atoms with Gasteiger partial charge in [-0.3, -0.25) is 0 Å². The van der Waals surface area contributed by atoms with Crippen LogP contribution < -0.4 is 5.30 Å². The van der Waals surface area contributed by atoms with Crippen molar-refractivity contribution < 1.29 is 4.57 Å². The van der Waals surface area contributed by atoms with Crippen molar-refractivity contribution in [3.63, 3.8) is 0 Å². The second-order valence-corrected chi connectivity index (χ2v) is 5.46. The summed E-state index contributed by atoms with van der Waals surface area (Å²) in [4.78, 5) is 0. The summed E-state index contributed by atoms with van der Waals surface area (Å²) in [5.41, 5.74) is -1.14. The summed E-state index contributed by atoms with van der Waals surface area (Å²) < 4.78 is 10.8. The van der Waals surface area contributed by atoms with Crippen LogP contribution in [-0.2, 0) is 4.57 Å². The minimum atomic E-state index is -1.14. The van der Waals surface area contributed by atoms with Gasteiger partial charge < -0.3 is 0 Å². The molecule has 0 aliphatic rings. The molecule has 1 nitrogen and oxygen atoms in total. The number of benzene rings is 1. The van der Waals surface area contributed by atoms with Gasteiger partial charge in [-0.25, -0.2) is 0 Å². The summed E-state index contributed by atoms with van der Waals surface area (Å²) >= 11 is 1.64. The topological polar surface area (TPSA) is 17.1 Å². The van der Waals surface area contributed by atoms with Crippen molar-refractivity contribution in [1.29, 1.82) is 0 Å². The van der Waals surface area contributed by atoms with E-state index in [9.17, 15) is 4.57 Å². The van der Waals surface area contributed by atoms with Crippen molar-refractivity contribution in [1.82, 2.24) is 0 Å². The molecule has 45 valence electrons. The van der Waals surface area contributed by atoms with Gasteiger partial charge in [-0.15, -0.1) is 0 Å². The van der Waals surface area contributed by atoms with Crippen molar-refractivity contribution in [3.8, 4) is 0 Å². The standard InChI is InChI=1S/C6H5OPTe/c7-8(9)6-4-2-1-3-5-6/h1-5H/q+1. The van der Waals surface area contributed by atoms with Crippen molar-refractivity contribution in [2.45, 2.75) is 0 Å². The van der Waals surface area contributed by atoms with Crippen molar-refractivity contribution in [2.75, 3.05) is 0 Å². The first-order valence-electron chi connectivity index (χ1n) is 2.50. The predicted molar refractivity (Wildman–Crippen MR) is 39.4 cm³/mol. The van der Waals surface area contributed by atoms with Gasteiger partial charge in [-0.2, -0.15) is 0 Å². The summed E-state index contributed by atoms with van der Waals surface area (Å²) in [5.74, 6) is 0. The van der Waals surface area contributed by atoms with Crippen LogP contribution in [0.25, 0.3) is 0 Å². The average Bonchev–Trinajstić information content (AvgIpc) is 1.90. The number of hydrogen-bond acceptors (Lipinski definition) is 1. The molecule has 0 amide bonds. The van der Waals surface area contributed by atoms with Gasteiger partial charge in [0.15, 0.2) is 0 Å². The molecule has 0 saturated carbocycles. The maximum atomic E-state index is 10.8. The van der Waals surface area contributed by atoms with E-state index < -0.39 is 5.49 Å². The Morgan fingerprint density at radius 3 is 2.11 bits per heavy atom. The van der Waals surface area contributed by atoms with Crippen LogP contribution in [0.4, 0.5) is 0 Å². The van der Waals surface area contributed by atoms with E-state index in [2.05, 4.69) is 0 Å². The molecular weight excluding hydrogens is 247 g/mol. The molecule has 0 bridgehead atoms. The summed E-state index contributed by atoms with van der Waals surface area (Å²) in [6.07, 6.45) is 0. The van der Waals surface area contributed by atoms with Crippen molar-refractivity contribution >= 4 is 32.5 Å². The Labute approximate surface area is 67.5 Å². The summed E-state index contributed by atoms with van der Waals surface area (Å²) in [6, 6.07) is 9.47. The van der Waals surface area contributed by atoms with E-state index in [-0.39, 0.29) is 0 Å². The molecule has 1 atom stereocenters. The van der Waals surface area contributed by atoms with E-state index in [0.29, 0.717) is 0 Å². The molecule has 1 unspecified atom stereocenters. The zero-order valence-corrected chi connectivity index (χ0v) is 7.88. The zero-order chi connectivity index (χ0) is 6.69. The fourth-order valence-electron chi connectivity index (χ4n) is 0.550. The van der Waals surface area contributed by atoms with Crippen LogP contribution in [0.3, 0.4) is 0 Å². The SMILES string of the molecule is O=[P+]([Te])c1ccccc1. The fraction of sp³-hybridized carbons (Fsp3) is 0. The fourth-order valence-corrected chi connectivity index (χ4v) is 2.01. The normalized spacial score (nSPS) is 11.0. The Morgan fingerprint density at radius 2 is 1.78 bits per heavy atom. The summed E-state index contributed by atoms with van der Waals surface area (Å²) in [7, 11) is 0. The molecule has 1 rings (SSSR count). The third kappa shape index (κ3) is 2.06. The monoisotopic (exact) mass is 254 g/mol. The van der Waals surface area contributed by atoms with Gasteiger partial charge in [0.1, 0.15) is 0 Å². The maximum absolute atomic E-state index is 10.8. The van der Waals surface area contributed by atoms with Gasteiger partial charge in [0.2, 0.25) is 0 Å². The van der Waals surface area contributed by atoms with E-state index in [1.165, 1.54) is 0 Å². The van der Waals surface area contributed by atoms with E-state index >= 15 is 0 Å². The Balaban J connectivity index is 2.98. The van der Waals surface area contributed by atoms with E-state index in [0.717, 1.165) is 5.30 Å². The molecule has 0 aliphatic heterocycles. The third-order valence-electron chi connectivity index (χ3n) is 0.967. The van der Waals surface area contributed by atoms with Crippen LogP contribution in [-0.4, -0.2) is 21.7 Å². The predicted octanol–water partition coefficient (Wildman–Crippen LogP) is 1.22. The molecule has 1 aromatic rings. The quantitative estimate of drug-likeness (QED) is 0.542. The van der Waals surface area contributed by atoms with Crippen LogP contribution in [0.2, 0.25) is 0 Å². The molecule has 1 aromatic carbocycles. The van der Waals surface area contributed by atoms with E-state index in [1.807, 2.05) is 30.3 Å². The van der Waals surface area contributed by atoms with Crippen LogP contribution in [0.1, 0.15) is 0 Å². The summed E-state index contributed by atoms with van der Waals surface area (Å²) in [5, 5.41) is 0.928. The van der Waals surface area contributed by atoms with Gasteiger partial charge in [0.05, 0.1) is 0 Å². The van der Waals surface area contributed by atoms with E-state index in [4.69, 9.17) is 0 Å². The van der Waals surface area contributed by atoms with Crippen LogP contribution in [0.15, 0.2) is 30.3 Å². The van der Waals surface area contributed by atoms with Crippen molar-refractivity contribution in [2.24, 2.45) is 0 Å². The molecule has 0 saturated heterocycles. The molecular formula is C6H5OPTe+. The van der Waals surface area contributed by atoms with Crippen LogP contribution >= 0.6 is 5.49 Å². The van der Waals surface area contributed by atoms with Gasteiger partial charge in [-0.05, 0) is 0 Å². The van der Waals surface area contributed by atoms with Gasteiger partial charge in [0.25, 0.3) is 0 Å². The molecule has 1 radical (unpaired) electrons. The van der Waals surface area contributed by atoms with Gasteiger partial charge in [-0.1, -0.05) is 0 Å². The molecule has 0 spiro atoms. The molecule has 0 fully saturated rings. The molecule has 0 aliphatic carbocycles. The number of rotatable bonds is 1. The van der Waals surface area contributed by atoms with Crippen LogP contribution in [0.5, 0.6) is 0 Å². The third-order valence-corrected chi connectivity index (χ3v) is 3.49. The van der Waals surface area contributed by atoms with E-state index in [1.54, 1.807) is 21.7 Å². The van der Waals surface area contributed by atoms with Crippen molar-refractivity contribution in [3.05, 3.63) is 30.3 Å². The molecule has 0 heterocycles. The second kappa shape index (κ2) is 3.32. The molecule has 9 heavy (non-hydrogen) atoms. The minimum absolute atomic E-state index is 0.928. The number of hydrogen-bond donors (Lipinski definition) is 0. The summed E-state index contributed by atoms with van der Waals surface area (Å²) in [6.45, 7) is 0. The Morgan fingerprint density at radius 1 is 1.22 bits per heavy atom. The van der Waals surface area contributed by atoms with Crippen LogP contribution in [0, 0.1) is 0 Å². The molecule has 0 N–H and O–H groups in total. The second-order valence-electron chi connectivity index (χ2n) is 1.59. The van der Waals surface area contributed by atoms with Gasteiger partial charge in [0, 0.05) is 0 Å². The first kappa shape index (κ1) is 7.22.